The van der Waals surface area contributed by atoms with E-state index in [0.29, 0.717) is 19.3 Å². The molecular weight excluding hydrogens is 623 g/mol. The second-order valence-electron chi connectivity index (χ2n) is 10.0. The molecule has 2 rings (SSSR count). The number of esters is 2. The summed E-state index contributed by atoms with van der Waals surface area (Å²) in [5, 5.41) is 9.10. The topological polar surface area (TPSA) is 89.6 Å². The number of likely N-dealkylation sites (N-methyl/N-ethyl adjacent to an activating group) is 1. The van der Waals surface area contributed by atoms with E-state index in [1.807, 2.05) is 44.4 Å². The van der Waals surface area contributed by atoms with Gasteiger partial charge in [0, 0.05) is 63.6 Å². The number of carbonyl (C=O) groups is 2. The number of aromatic nitrogens is 1. The van der Waals surface area contributed by atoms with Gasteiger partial charge in [0.2, 0.25) is 0 Å². The Kier molecular flexibility index (Phi) is 21.3. The molecule has 1 aliphatic heterocycles. The molecule has 0 fully saturated rings. The number of hydrogen-bond donors (Lipinski definition) is 2. The van der Waals surface area contributed by atoms with Crippen LogP contribution < -0.4 is 10.6 Å². The average Bonchev–Trinajstić information content (AvgIpc) is 3.33. The molecule has 3 atom stereocenters. The van der Waals surface area contributed by atoms with Gasteiger partial charge in [-0.15, -0.1) is 11.3 Å². The Morgan fingerprint density at radius 2 is 1.95 bits per heavy atom. The van der Waals surface area contributed by atoms with Crippen LogP contribution in [0, 0.1) is 13.6 Å². The van der Waals surface area contributed by atoms with Crippen LogP contribution >= 0.6 is 11.3 Å². The van der Waals surface area contributed by atoms with E-state index in [4.69, 9.17) is 14.5 Å². The van der Waals surface area contributed by atoms with Gasteiger partial charge in [0.15, 0.2) is 0 Å². The third-order valence-electron chi connectivity index (χ3n) is 6.15. The molecule has 2 bridgehead atoms. The smallest absolute Gasteiger partial charge is 0.331 e. The summed E-state index contributed by atoms with van der Waals surface area (Å²) in [6.07, 6.45) is 18.1. The summed E-state index contributed by atoms with van der Waals surface area (Å²) in [5.74, 6) is -0.748. The summed E-state index contributed by atoms with van der Waals surface area (Å²) in [4.78, 5) is 30.2. The van der Waals surface area contributed by atoms with Gasteiger partial charge >= 0.3 is 11.9 Å². The van der Waals surface area contributed by atoms with E-state index in [-0.39, 0.29) is 52.2 Å². The van der Waals surface area contributed by atoms with Gasteiger partial charge in [-0.05, 0) is 59.6 Å². The molecule has 7 nitrogen and oxygen atoms in total. The monoisotopic (exact) mass is 670 g/mol. The minimum Gasteiger partial charge on any atom is -0.556 e. The summed E-state index contributed by atoms with van der Waals surface area (Å²) in [7, 11) is 0. The zero-order chi connectivity index (χ0) is 29.3. The van der Waals surface area contributed by atoms with E-state index in [1.165, 1.54) is 6.08 Å². The quantitative estimate of drug-likeness (QED) is 0.113. The van der Waals surface area contributed by atoms with Crippen LogP contribution in [-0.2, 0) is 64.6 Å². The average molecular weight is 671 g/mol. The van der Waals surface area contributed by atoms with E-state index >= 15 is 0 Å². The van der Waals surface area contributed by atoms with Crippen LogP contribution in [0.25, 0.3) is 0 Å². The number of hydrogen-bond acceptors (Lipinski definition) is 8. The first-order valence-electron chi connectivity index (χ1n) is 13.9. The van der Waals surface area contributed by atoms with Gasteiger partial charge in [0.25, 0.3) is 0 Å². The molecule has 1 radical (unpaired) electrons. The Morgan fingerprint density at radius 1 is 1.21 bits per heavy atom. The molecule has 1 aromatic heterocycles. The van der Waals surface area contributed by atoms with Crippen molar-refractivity contribution in [3.05, 3.63) is 95.5 Å². The van der Waals surface area contributed by atoms with Gasteiger partial charge in [-0.25, -0.2) is 14.6 Å². The van der Waals surface area contributed by atoms with Crippen molar-refractivity contribution in [3.8, 4) is 0 Å². The van der Waals surface area contributed by atoms with Crippen LogP contribution in [0.1, 0.15) is 64.6 Å². The van der Waals surface area contributed by atoms with Crippen molar-refractivity contribution in [2.75, 3.05) is 13.1 Å². The van der Waals surface area contributed by atoms with Crippen LogP contribution in [0.3, 0.4) is 0 Å². The van der Waals surface area contributed by atoms with Crippen molar-refractivity contribution >= 4 is 23.3 Å². The Labute approximate surface area is 282 Å². The number of nitrogens with zero attached hydrogens (tertiary/aromatic N) is 1. The minimum absolute atomic E-state index is 0. The number of carbonyl (C=O) groups excluding carboxylic acids is 2. The van der Waals surface area contributed by atoms with Gasteiger partial charge in [0.05, 0.1) is 16.7 Å². The molecule has 0 amide bonds. The number of cyclic esters (lactones) is 2. The maximum atomic E-state index is 12.7. The summed E-state index contributed by atoms with van der Waals surface area (Å²) in [6, 6.07) is -0.512. The number of aryl methyl sites for hydroxylation is 1. The van der Waals surface area contributed by atoms with Crippen molar-refractivity contribution in [1.29, 1.82) is 0 Å². The maximum absolute atomic E-state index is 12.7. The number of fused-ring (bicyclic) bond motifs is 2. The van der Waals surface area contributed by atoms with Crippen LogP contribution in [-0.4, -0.2) is 48.3 Å². The molecule has 0 aromatic carbocycles. The number of thiazole rings is 1. The number of nitrogens with one attached hydrogen (secondary N) is 2. The largest absolute Gasteiger partial charge is 0.556 e. The third kappa shape index (κ3) is 16.5. The van der Waals surface area contributed by atoms with Crippen LogP contribution in [0.2, 0.25) is 0 Å². The second-order valence-corrected chi connectivity index (χ2v) is 10.9. The molecule has 2 N–H and O–H groups in total. The van der Waals surface area contributed by atoms with Gasteiger partial charge < -0.3 is 33.7 Å². The van der Waals surface area contributed by atoms with Gasteiger partial charge in [-0.2, -0.15) is 0 Å². The molecule has 229 valence electrons. The first-order valence-corrected chi connectivity index (χ1v) is 14.8. The van der Waals surface area contributed by atoms with Crippen LogP contribution in [0.5, 0.6) is 0 Å². The molecule has 0 aliphatic carbocycles. The minimum atomic E-state index is -0.512. The molecular formula is C33H47N3O4SY-2. The molecule has 0 spiro atoms. The molecule has 42 heavy (non-hydrogen) atoms. The number of rotatable bonds is 8. The van der Waals surface area contributed by atoms with Gasteiger partial charge in [0.1, 0.15) is 12.2 Å². The van der Waals surface area contributed by atoms with Crippen molar-refractivity contribution in [1.82, 2.24) is 15.6 Å². The van der Waals surface area contributed by atoms with Crippen molar-refractivity contribution in [3.63, 3.8) is 0 Å². The maximum Gasteiger partial charge on any atom is 0.331 e. The Bertz CT molecular complexity index is 1140. The van der Waals surface area contributed by atoms with Crippen LogP contribution in [0.15, 0.2) is 71.2 Å². The molecule has 0 saturated carbocycles. The zero-order valence-electron chi connectivity index (χ0n) is 26.1. The predicted molar refractivity (Wildman–Crippen MR) is 169 cm³/mol. The predicted octanol–water partition coefficient (Wildman–Crippen LogP) is 6.17. The molecule has 2 heterocycles. The van der Waals surface area contributed by atoms with E-state index in [2.05, 4.69) is 49.4 Å². The summed E-state index contributed by atoms with van der Waals surface area (Å²) in [5.41, 5.74) is 4.09. The second kappa shape index (κ2) is 22.4. The SMILES string of the molecule is C=[C-]N[C@H]1CCCc2csc(n2)C[C@@H](/C=C(C)/C=C/C(C)=C/CNCC)OC(=O)/C=C\C=C(/C)C[C@H](C)OC1=O.[CH3-].[Y]. The molecule has 1 aliphatic rings. The van der Waals surface area contributed by atoms with E-state index in [1.54, 1.807) is 17.4 Å². The summed E-state index contributed by atoms with van der Waals surface area (Å²) >= 11 is 1.55. The van der Waals surface area contributed by atoms with E-state index in [9.17, 15) is 9.59 Å². The van der Waals surface area contributed by atoms with Crippen molar-refractivity contribution in [2.24, 2.45) is 0 Å². The zero-order valence-corrected chi connectivity index (χ0v) is 29.7. The number of allylic oxidation sites excluding steroid dienone is 6. The van der Waals surface area contributed by atoms with Crippen molar-refractivity contribution in [2.45, 2.75) is 85.0 Å². The Morgan fingerprint density at radius 3 is 2.67 bits per heavy atom. The molecule has 1 aromatic rings. The first-order chi connectivity index (χ1) is 19.2. The normalized spacial score (nSPS) is 23.5. The fourth-order valence-corrected chi connectivity index (χ4v) is 4.98. The van der Waals surface area contributed by atoms with Gasteiger partial charge in [-0.3, -0.25) is 6.58 Å². The molecule has 9 heteroatoms. The van der Waals surface area contributed by atoms with Gasteiger partial charge in [-0.1, -0.05) is 54.0 Å². The molecule has 0 saturated heterocycles. The fourth-order valence-electron chi connectivity index (χ4n) is 4.10. The standard InChI is InChI=1S/C32H44N3O4S.CH3.Y/c1-7-33-18-17-23(3)15-16-25(5)20-28-21-30-35-27(22-40-30)12-10-13-29(34-8-2)32(37)38-26(6)19-24(4)11-9-14-31(36)39-28;;/h9,11,14-17,20,22,26,28-29,33-34H,2,7,10,12-13,18-19,21H2,1,3-6H3;1H3;/q2*-1;/b14-9-,16-15+,23-17+,24-11+,25-20+;;/t26-,28+,29-;;/m0../s1. The molecule has 0 unspecified atom stereocenters. The summed E-state index contributed by atoms with van der Waals surface area (Å²) in [6.45, 7) is 15.3. The van der Waals surface area contributed by atoms with Crippen molar-refractivity contribution < 1.29 is 51.8 Å². The summed E-state index contributed by atoms with van der Waals surface area (Å²) < 4.78 is 11.5. The third-order valence-corrected chi connectivity index (χ3v) is 7.07. The number of ether oxygens (including phenoxy) is 2. The first kappa shape index (κ1) is 39.9. The Hall–Kier alpha value is -2.13. The van der Waals surface area contributed by atoms with E-state index < -0.39 is 18.1 Å². The Balaban J connectivity index is 0.00000840. The van der Waals surface area contributed by atoms with E-state index in [0.717, 1.165) is 53.4 Å². The van der Waals surface area contributed by atoms with Crippen LogP contribution in [0.4, 0.5) is 0 Å². The fraction of sp³-hybridized carbons (Fsp3) is 0.455.